The zero-order valence-corrected chi connectivity index (χ0v) is 21.2. The van der Waals surface area contributed by atoms with Crippen LogP contribution in [0.5, 0.6) is 5.75 Å². The van der Waals surface area contributed by atoms with E-state index in [1.807, 2.05) is 0 Å². The summed E-state index contributed by atoms with van der Waals surface area (Å²) in [4.78, 5) is 27.9. The second-order valence-electron chi connectivity index (χ2n) is 8.61. The maximum Gasteiger partial charge on any atom is 0.264 e. The van der Waals surface area contributed by atoms with Gasteiger partial charge in [-0.3, -0.25) is 13.9 Å². The molecule has 194 valence electrons. The molecule has 0 aromatic heterocycles. The van der Waals surface area contributed by atoms with Crippen LogP contribution in [0, 0.1) is 5.82 Å². The standard InChI is InChI=1S/C27H28FN3O5S/c1-36-22-13-15-23(16-14-22)37(34,35)31(21-11-9-20(28)10-12-21)19-26(32)29-25-8-4-3-7-24(25)27(33)30-17-5-2-6-18-30/h3-4,7-16H,2,5-6,17-19H2,1H3,(H,29,32). The number of methoxy groups -OCH3 is 1. The average Bonchev–Trinajstić information content (AvgIpc) is 2.92. The van der Waals surface area contributed by atoms with E-state index in [1.54, 1.807) is 29.2 Å². The molecule has 0 radical (unpaired) electrons. The molecule has 0 saturated carbocycles. The van der Waals surface area contributed by atoms with Gasteiger partial charge >= 0.3 is 0 Å². The van der Waals surface area contributed by atoms with Crippen LogP contribution in [-0.2, 0) is 14.8 Å². The molecule has 0 atom stereocenters. The number of ether oxygens (including phenoxy) is 1. The Hall–Kier alpha value is -3.92. The average molecular weight is 526 g/mol. The number of amides is 2. The number of para-hydroxylation sites is 1. The van der Waals surface area contributed by atoms with Crippen LogP contribution in [0.2, 0.25) is 0 Å². The molecule has 8 nitrogen and oxygen atoms in total. The Morgan fingerprint density at radius 2 is 1.59 bits per heavy atom. The third kappa shape index (κ3) is 6.08. The number of piperidine rings is 1. The number of benzene rings is 3. The second kappa shape index (κ2) is 11.4. The molecule has 1 aliphatic rings. The van der Waals surface area contributed by atoms with Crippen LogP contribution in [0.1, 0.15) is 29.6 Å². The minimum absolute atomic E-state index is 0.0638. The summed E-state index contributed by atoms with van der Waals surface area (Å²) in [5, 5.41) is 2.70. The maximum absolute atomic E-state index is 13.6. The smallest absolute Gasteiger partial charge is 0.264 e. The molecule has 1 heterocycles. The molecule has 0 spiro atoms. The Morgan fingerprint density at radius 1 is 0.946 bits per heavy atom. The normalized spacial score (nSPS) is 13.6. The van der Waals surface area contributed by atoms with Crippen molar-refractivity contribution in [2.75, 3.05) is 36.4 Å². The number of nitrogens with zero attached hydrogens (tertiary/aromatic N) is 2. The summed E-state index contributed by atoms with van der Waals surface area (Å²) in [6.45, 7) is 0.714. The first-order chi connectivity index (χ1) is 17.8. The van der Waals surface area contributed by atoms with Gasteiger partial charge in [0.25, 0.3) is 15.9 Å². The maximum atomic E-state index is 13.6. The van der Waals surface area contributed by atoms with E-state index in [9.17, 15) is 22.4 Å². The molecule has 0 bridgehead atoms. The van der Waals surface area contributed by atoms with E-state index in [0.717, 1.165) is 35.7 Å². The second-order valence-corrected chi connectivity index (χ2v) is 10.5. The highest BCUT2D eigenvalue weighted by molar-refractivity contribution is 7.92. The zero-order chi connectivity index (χ0) is 26.4. The van der Waals surface area contributed by atoms with Crippen LogP contribution in [-0.4, -0.2) is 51.9 Å². The van der Waals surface area contributed by atoms with Gasteiger partial charge < -0.3 is 15.0 Å². The molecule has 2 amide bonds. The quantitative estimate of drug-likeness (QED) is 0.473. The van der Waals surface area contributed by atoms with Gasteiger partial charge in [0.1, 0.15) is 18.1 Å². The summed E-state index contributed by atoms with van der Waals surface area (Å²) in [5.74, 6) is -0.905. The summed E-state index contributed by atoms with van der Waals surface area (Å²) >= 11 is 0. The van der Waals surface area contributed by atoms with Crippen LogP contribution in [0.15, 0.2) is 77.7 Å². The number of sulfonamides is 1. The van der Waals surface area contributed by atoms with Gasteiger partial charge in [0.05, 0.1) is 28.9 Å². The van der Waals surface area contributed by atoms with Crippen molar-refractivity contribution < 1.29 is 27.1 Å². The molecular weight excluding hydrogens is 497 g/mol. The van der Waals surface area contributed by atoms with E-state index in [1.165, 1.54) is 43.5 Å². The molecule has 1 fully saturated rings. The zero-order valence-electron chi connectivity index (χ0n) is 20.4. The number of carbonyl (C=O) groups is 2. The van der Waals surface area contributed by atoms with Gasteiger partial charge in [-0.25, -0.2) is 12.8 Å². The number of carbonyl (C=O) groups excluding carboxylic acids is 2. The Kier molecular flexibility index (Phi) is 8.08. The number of hydrogen-bond acceptors (Lipinski definition) is 5. The number of hydrogen-bond donors (Lipinski definition) is 1. The molecule has 1 aliphatic heterocycles. The van der Waals surface area contributed by atoms with Crippen molar-refractivity contribution in [2.45, 2.75) is 24.2 Å². The number of nitrogens with one attached hydrogen (secondary N) is 1. The first-order valence-electron chi connectivity index (χ1n) is 11.9. The van der Waals surface area contributed by atoms with E-state index in [0.29, 0.717) is 30.1 Å². The first-order valence-corrected chi connectivity index (χ1v) is 13.3. The van der Waals surface area contributed by atoms with Crippen molar-refractivity contribution in [3.63, 3.8) is 0 Å². The van der Waals surface area contributed by atoms with Crippen molar-refractivity contribution in [1.82, 2.24) is 4.90 Å². The lowest BCUT2D eigenvalue weighted by Crippen LogP contribution is -2.39. The van der Waals surface area contributed by atoms with E-state index in [-0.39, 0.29) is 16.5 Å². The van der Waals surface area contributed by atoms with E-state index < -0.39 is 28.3 Å². The fourth-order valence-corrected chi connectivity index (χ4v) is 5.58. The molecule has 37 heavy (non-hydrogen) atoms. The Labute approximate surface area is 215 Å². The SMILES string of the molecule is COc1ccc(S(=O)(=O)N(CC(=O)Nc2ccccc2C(=O)N2CCCCC2)c2ccc(F)cc2)cc1. The molecule has 3 aromatic carbocycles. The molecule has 1 saturated heterocycles. The van der Waals surface area contributed by atoms with E-state index in [2.05, 4.69) is 5.32 Å². The summed E-state index contributed by atoms with van der Waals surface area (Å²) in [6, 6.07) is 17.2. The van der Waals surface area contributed by atoms with Gasteiger partial charge in [-0.05, 0) is 79.9 Å². The van der Waals surface area contributed by atoms with E-state index >= 15 is 0 Å². The van der Waals surface area contributed by atoms with Gasteiger partial charge in [0.2, 0.25) is 5.91 Å². The van der Waals surface area contributed by atoms with Gasteiger partial charge in [0.15, 0.2) is 0 Å². The molecule has 4 rings (SSSR count). The highest BCUT2D eigenvalue weighted by atomic mass is 32.2. The Morgan fingerprint density at radius 3 is 2.24 bits per heavy atom. The summed E-state index contributed by atoms with van der Waals surface area (Å²) in [5.41, 5.74) is 0.748. The third-order valence-electron chi connectivity index (χ3n) is 6.12. The van der Waals surface area contributed by atoms with Gasteiger partial charge in [0, 0.05) is 13.1 Å². The van der Waals surface area contributed by atoms with Crippen LogP contribution in [0.3, 0.4) is 0 Å². The number of rotatable bonds is 8. The predicted octanol–water partition coefficient (Wildman–Crippen LogP) is 4.29. The molecule has 0 aliphatic carbocycles. The lowest BCUT2D eigenvalue weighted by atomic mass is 10.1. The van der Waals surface area contributed by atoms with Crippen LogP contribution in [0.4, 0.5) is 15.8 Å². The van der Waals surface area contributed by atoms with Crippen molar-refractivity contribution in [2.24, 2.45) is 0 Å². The van der Waals surface area contributed by atoms with Gasteiger partial charge in [-0.15, -0.1) is 0 Å². The lowest BCUT2D eigenvalue weighted by Gasteiger charge is -2.28. The minimum Gasteiger partial charge on any atom is -0.497 e. The Balaban J connectivity index is 1.61. The molecule has 1 N–H and O–H groups in total. The molecule has 0 unspecified atom stereocenters. The van der Waals surface area contributed by atoms with E-state index in [4.69, 9.17) is 4.74 Å². The topological polar surface area (TPSA) is 96.0 Å². The highest BCUT2D eigenvalue weighted by Crippen LogP contribution is 2.26. The highest BCUT2D eigenvalue weighted by Gasteiger charge is 2.28. The number of halogens is 1. The lowest BCUT2D eigenvalue weighted by molar-refractivity contribution is -0.114. The predicted molar refractivity (Wildman–Crippen MR) is 139 cm³/mol. The number of likely N-dealkylation sites (tertiary alicyclic amines) is 1. The minimum atomic E-state index is -4.20. The van der Waals surface area contributed by atoms with Crippen molar-refractivity contribution in [3.8, 4) is 5.75 Å². The molecule has 3 aromatic rings. The molecule has 10 heteroatoms. The van der Waals surface area contributed by atoms with Gasteiger partial charge in [-0.2, -0.15) is 0 Å². The monoisotopic (exact) mass is 525 g/mol. The number of anilines is 2. The van der Waals surface area contributed by atoms with Crippen molar-refractivity contribution >= 4 is 33.2 Å². The van der Waals surface area contributed by atoms with Gasteiger partial charge in [-0.1, -0.05) is 12.1 Å². The fourth-order valence-electron chi connectivity index (χ4n) is 4.16. The largest absolute Gasteiger partial charge is 0.497 e. The third-order valence-corrected chi connectivity index (χ3v) is 7.91. The Bertz CT molecular complexity index is 1360. The van der Waals surface area contributed by atoms with Crippen LogP contribution < -0.4 is 14.4 Å². The van der Waals surface area contributed by atoms with Crippen molar-refractivity contribution in [3.05, 3.63) is 84.2 Å². The van der Waals surface area contributed by atoms with Crippen LogP contribution >= 0.6 is 0 Å². The summed E-state index contributed by atoms with van der Waals surface area (Å²) < 4.78 is 46.7. The molecular formula is C27H28FN3O5S. The van der Waals surface area contributed by atoms with Crippen molar-refractivity contribution in [1.29, 1.82) is 0 Å². The summed E-state index contributed by atoms with van der Waals surface area (Å²) in [6.07, 6.45) is 2.93. The first kappa shape index (κ1) is 26.2. The van der Waals surface area contributed by atoms with Crippen LogP contribution in [0.25, 0.3) is 0 Å². The summed E-state index contributed by atoms with van der Waals surface area (Å²) in [7, 11) is -2.74. The fraction of sp³-hybridized carbons (Fsp3) is 0.259.